The number of aliphatic imine (C=N–C) groups is 1. The Morgan fingerprint density at radius 2 is 2.14 bits per heavy atom. The fourth-order valence-corrected chi connectivity index (χ4v) is 1.87. The van der Waals surface area contributed by atoms with E-state index >= 15 is 0 Å². The minimum atomic E-state index is 0.588. The number of benzene rings is 1. The lowest BCUT2D eigenvalue weighted by molar-refractivity contribution is 0.414. The number of furan rings is 1. The number of rotatable bonds is 6. The summed E-state index contributed by atoms with van der Waals surface area (Å²) in [4.78, 5) is 4.56. The second-order valence-electron chi connectivity index (χ2n) is 4.48. The van der Waals surface area contributed by atoms with Crippen molar-refractivity contribution in [2.45, 2.75) is 20.0 Å². The minimum Gasteiger partial charge on any atom is -0.497 e. The molecule has 0 radical (unpaired) electrons. The van der Waals surface area contributed by atoms with Crippen LogP contribution in [0.5, 0.6) is 5.75 Å². The highest BCUT2D eigenvalue weighted by Crippen LogP contribution is 2.13. The molecule has 0 saturated carbocycles. The maximum atomic E-state index is 5.29. The Morgan fingerprint density at radius 3 is 2.86 bits per heavy atom. The van der Waals surface area contributed by atoms with E-state index in [2.05, 4.69) is 15.6 Å². The quantitative estimate of drug-likeness (QED) is 0.633. The van der Waals surface area contributed by atoms with Gasteiger partial charge >= 0.3 is 0 Å². The number of hydrogen-bond donors (Lipinski definition) is 2. The molecule has 2 aromatic rings. The Labute approximate surface area is 125 Å². The van der Waals surface area contributed by atoms with E-state index in [1.54, 1.807) is 13.4 Å². The van der Waals surface area contributed by atoms with E-state index in [-0.39, 0.29) is 0 Å². The van der Waals surface area contributed by atoms with Gasteiger partial charge in [0.1, 0.15) is 11.5 Å². The Hall–Kier alpha value is -2.43. The van der Waals surface area contributed by atoms with Crippen LogP contribution in [0.4, 0.5) is 0 Å². The molecule has 2 N–H and O–H groups in total. The predicted molar refractivity (Wildman–Crippen MR) is 83.4 cm³/mol. The van der Waals surface area contributed by atoms with Gasteiger partial charge in [0.25, 0.3) is 0 Å². The fraction of sp³-hybridized carbons (Fsp3) is 0.312. The molecule has 2 rings (SSSR count). The highest BCUT2D eigenvalue weighted by molar-refractivity contribution is 5.79. The third-order valence-electron chi connectivity index (χ3n) is 2.91. The smallest absolute Gasteiger partial charge is 0.191 e. The second kappa shape index (κ2) is 7.99. The summed E-state index contributed by atoms with van der Waals surface area (Å²) >= 11 is 0. The van der Waals surface area contributed by atoms with Crippen LogP contribution in [0.3, 0.4) is 0 Å². The average molecular weight is 287 g/mol. The zero-order chi connectivity index (χ0) is 14.9. The average Bonchev–Trinajstić information content (AvgIpc) is 3.03. The molecule has 21 heavy (non-hydrogen) atoms. The highest BCUT2D eigenvalue weighted by atomic mass is 16.5. The van der Waals surface area contributed by atoms with E-state index < -0.39 is 0 Å². The molecule has 0 atom stereocenters. The Kier molecular flexibility index (Phi) is 5.70. The van der Waals surface area contributed by atoms with E-state index in [9.17, 15) is 0 Å². The second-order valence-corrected chi connectivity index (χ2v) is 4.48. The molecular weight excluding hydrogens is 266 g/mol. The van der Waals surface area contributed by atoms with E-state index in [0.717, 1.165) is 29.6 Å². The van der Waals surface area contributed by atoms with Crippen LogP contribution in [-0.4, -0.2) is 19.6 Å². The van der Waals surface area contributed by atoms with Crippen LogP contribution in [0, 0.1) is 0 Å². The molecule has 1 heterocycles. The molecule has 112 valence electrons. The first-order valence-electron chi connectivity index (χ1n) is 6.99. The van der Waals surface area contributed by atoms with Gasteiger partial charge in [-0.1, -0.05) is 12.1 Å². The highest BCUT2D eigenvalue weighted by Gasteiger charge is 2.00. The standard InChI is InChI=1S/C16H21N3O2/c1-3-17-16(19-12-15-8-5-9-21-15)18-11-13-6-4-7-14(10-13)20-2/h4-10H,3,11-12H2,1-2H3,(H2,17,18,19). The molecule has 0 aliphatic rings. The van der Waals surface area contributed by atoms with Gasteiger partial charge in [-0.05, 0) is 36.8 Å². The number of methoxy groups -OCH3 is 1. The van der Waals surface area contributed by atoms with Crippen molar-refractivity contribution in [3.05, 3.63) is 54.0 Å². The first-order chi connectivity index (χ1) is 10.3. The van der Waals surface area contributed by atoms with E-state index in [1.807, 2.05) is 43.3 Å². The largest absolute Gasteiger partial charge is 0.497 e. The molecule has 0 amide bonds. The number of nitrogens with one attached hydrogen (secondary N) is 2. The third-order valence-corrected chi connectivity index (χ3v) is 2.91. The normalized spacial score (nSPS) is 11.2. The molecule has 1 aromatic heterocycles. The van der Waals surface area contributed by atoms with Crippen LogP contribution in [0.2, 0.25) is 0 Å². The number of nitrogens with zero attached hydrogens (tertiary/aromatic N) is 1. The number of ether oxygens (including phenoxy) is 1. The van der Waals surface area contributed by atoms with Crippen molar-refractivity contribution in [3.63, 3.8) is 0 Å². The monoisotopic (exact) mass is 287 g/mol. The molecule has 5 heteroatoms. The van der Waals surface area contributed by atoms with Crippen molar-refractivity contribution in [2.24, 2.45) is 4.99 Å². The molecule has 0 unspecified atom stereocenters. The van der Waals surface area contributed by atoms with Gasteiger partial charge in [0.05, 0.1) is 26.5 Å². The topological polar surface area (TPSA) is 58.8 Å². The van der Waals surface area contributed by atoms with Crippen molar-refractivity contribution in [2.75, 3.05) is 13.7 Å². The molecular formula is C16H21N3O2. The zero-order valence-electron chi connectivity index (χ0n) is 12.4. The Balaban J connectivity index is 1.95. The van der Waals surface area contributed by atoms with Crippen LogP contribution < -0.4 is 15.4 Å². The summed E-state index contributed by atoms with van der Waals surface area (Å²) in [5.74, 6) is 2.48. The summed E-state index contributed by atoms with van der Waals surface area (Å²) in [5, 5.41) is 6.45. The van der Waals surface area contributed by atoms with Crippen molar-refractivity contribution in [3.8, 4) is 5.75 Å². The number of hydrogen-bond acceptors (Lipinski definition) is 3. The maximum absolute atomic E-state index is 5.29. The zero-order valence-corrected chi connectivity index (χ0v) is 12.4. The molecule has 1 aromatic carbocycles. The lowest BCUT2D eigenvalue weighted by Gasteiger charge is -2.10. The molecule has 0 bridgehead atoms. The van der Waals surface area contributed by atoms with E-state index in [4.69, 9.17) is 9.15 Å². The Bertz CT molecular complexity index is 565. The van der Waals surface area contributed by atoms with Crippen LogP contribution in [-0.2, 0) is 13.1 Å². The van der Waals surface area contributed by atoms with Crippen molar-refractivity contribution in [1.29, 1.82) is 0 Å². The first kappa shape index (κ1) is 15.0. The lowest BCUT2D eigenvalue weighted by Crippen LogP contribution is -2.36. The van der Waals surface area contributed by atoms with Crippen molar-refractivity contribution >= 4 is 5.96 Å². The molecule has 0 aliphatic heterocycles. The molecule has 0 saturated heterocycles. The SMILES string of the molecule is CCNC(=NCc1cccc(OC)c1)NCc1ccco1. The molecule has 0 fully saturated rings. The van der Waals surface area contributed by atoms with Crippen LogP contribution in [0.15, 0.2) is 52.1 Å². The van der Waals surface area contributed by atoms with Crippen LogP contribution in [0.1, 0.15) is 18.2 Å². The van der Waals surface area contributed by atoms with Gasteiger partial charge in [-0.15, -0.1) is 0 Å². The van der Waals surface area contributed by atoms with Crippen molar-refractivity contribution in [1.82, 2.24) is 10.6 Å². The predicted octanol–water partition coefficient (Wildman–Crippen LogP) is 2.54. The summed E-state index contributed by atoms with van der Waals surface area (Å²) in [5.41, 5.74) is 1.10. The third kappa shape index (κ3) is 4.87. The Morgan fingerprint density at radius 1 is 1.24 bits per heavy atom. The van der Waals surface area contributed by atoms with Gasteiger partial charge < -0.3 is 19.8 Å². The summed E-state index contributed by atoms with van der Waals surface area (Å²) in [6.07, 6.45) is 1.66. The van der Waals surface area contributed by atoms with Gasteiger partial charge in [-0.2, -0.15) is 0 Å². The minimum absolute atomic E-state index is 0.588. The van der Waals surface area contributed by atoms with Crippen molar-refractivity contribution < 1.29 is 9.15 Å². The molecule has 0 spiro atoms. The van der Waals surface area contributed by atoms with Crippen LogP contribution >= 0.6 is 0 Å². The van der Waals surface area contributed by atoms with Gasteiger partial charge in [-0.25, -0.2) is 4.99 Å². The summed E-state index contributed by atoms with van der Waals surface area (Å²) < 4.78 is 10.5. The van der Waals surface area contributed by atoms with E-state index in [0.29, 0.717) is 13.1 Å². The summed E-state index contributed by atoms with van der Waals surface area (Å²) in [7, 11) is 1.66. The fourth-order valence-electron chi connectivity index (χ4n) is 1.87. The summed E-state index contributed by atoms with van der Waals surface area (Å²) in [6.45, 7) is 4.04. The van der Waals surface area contributed by atoms with Gasteiger partial charge in [0.2, 0.25) is 0 Å². The first-order valence-corrected chi connectivity index (χ1v) is 6.99. The number of guanidine groups is 1. The van der Waals surface area contributed by atoms with Gasteiger partial charge in [-0.3, -0.25) is 0 Å². The van der Waals surface area contributed by atoms with Gasteiger partial charge in [0, 0.05) is 6.54 Å². The maximum Gasteiger partial charge on any atom is 0.191 e. The van der Waals surface area contributed by atoms with Crippen LogP contribution in [0.25, 0.3) is 0 Å². The lowest BCUT2D eigenvalue weighted by atomic mass is 10.2. The summed E-state index contributed by atoms with van der Waals surface area (Å²) in [6, 6.07) is 11.7. The molecule has 0 aliphatic carbocycles. The van der Waals surface area contributed by atoms with E-state index in [1.165, 1.54) is 0 Å². The molecule has 5 nitrogen and oxygen atoms in total. The van der Waals surface area contributed by atoms with Gasteiger partial charge in [0.15, 0.2) is 5.96 Å².